The maximum absolute atomic E-state index is 9.70. The Labute approximate surface area is 206 Å². The van der Waals surface area contributed by atoms with Crippen molar-refractivity contribution in [2.45, 2.75) is 45.3 Å². The molecule has 2 aromatic heterocycles. The number of anilines is 2. The molecule has 0 saturated heterocycles. The highest BCUT2D eigenvalue weighted by Crippen LogP contribution is 2.32. The van der Waals surface area contributed by atoms with Crippen LogP contribution in [0.3, 0.4) is 0 Å². The van der Waals surface area contributed by atoms with E-state index in [4.69, 9.17) is 26.0 Å². The van der Waals surface area contributed by atoms with Crippen molar-refractivity contribution in [2.24, 2.45) is 5.73 Å². The van der Waals surface area contributed by atoms with Gasteiger partial charge in [0.15, 0.2) is 11.3 Å². The third-order valence-corrected chi connectivity index (χ3v) is 5.81. The number of hydrogen-bond donors (Lipinski definition) is 4. The van der Waals surface area contributed by atoms with Crippen molar-refractivity contribution in [3.8, 4) is 11.5 Å². The number of benzene rings is 1. The van der Waals surface area contributed by atoms with E-state index in [2.05, 4.69) is 34.2 Å². The molecule has 0 saturated carbocycles. The smallest absolute Gasteiger partial charge is 0.222 e. The summed E-state index contributed by atoms with van der Waals surface area (Å²) < 4.78 is 13.2. The van der Waals surface area contributed by atoms with Gasteiger partial charge in [-0.3, -0.25) is 4.68 Å². The molecule has 0 bridgehead atoms. The van der Waals surface area contributed by atoms with Gasteiger partial charge in [0, 0.05) is 6.54 Å². The van der Waals surface area contributed by atoms with Crippen LogP contribution in [-0.2, 0) is 13.1 Å². The molecular weight excluding hydrogens is 448 g/mol. The number of aliphatic hydroxyl groups excluding tert-OH is 1. The molecular formula is C24H38N8O3. The number of rotatable bonds is 14. The number of nitrogens with one attached hydrogen (secondary N) is 1. The van der Waals surface area contributed by atoms with Gasteiger partial charge in [-0.2, -0.15) is 10.1 Å². The summed E-state index contributed by atoms with van der Waals surface area (Å²) in [6, 6.07) is 3.92. The Balaban J connectivity index is 1.91. The number of nitrogen functional groups attached to an aromatic ring is 1. The molecule has 0 aliphatic heterocycles. The normalized spacial score (nSPS) is 12.3. The number of methoxy groups -OCH3 is 2. The molecule has 35 heavy (non-hydrogen) atoms. The van der Waals surface area contributed by atoms with Crippen molar-refractivity contribution in [1.82, 2.24) is 24.6 Å². The molecule has 3 aromatic rings. The number of fused-ring (bicyclic) bond motifs is 1. The number of nitrogens with two attached hydrogens (primary N) is 2. The van der Waals surface area contributed by atoms with Crippen LogP contribution in [0.15, 0.2) is 18.3 Å². The maximum atomic E-state index is 9.70. The van der Waals surface area contributed by atoms with E-state index in [1.165, 1.54) is 0 Å². The molecule has 0 spiro atoms. The summed E-state index contributed by atoms with van der Waals surface area (Å²) in [7, 11) is 5.37. The first kappa shape index (κ1) is 26.5. The summed E-state index contributed by atoms with van der Waals surface area (Å²) in [6.45, 7) is 4.80. The van der Waals surface area contributed by atoms with Gasteiger partial charge in [-0.15, -0.1) is 0 Å². The Bertz CT molecular complexity index is 1080. The number of aromatic nitrogens is 4. The third-order valence-electron chi connectivity index (χ3n) is 5.81. The van der Waals surface area contributed by atoms with Crippen LogP contribution in [0.2, 0.25) is 0 Å². The zero-order valence-electron chi connectivity index (χ0n) is 21.1. The maximum Gasteiger partial charge on any atom is 0.222 e. The van der Waals surface area contributed by atoms with Crippen molar-refractivity contribution >= 4 is 22.8 Å². The fraction of sp³-hybridized carbons (Fsp3) is 0.542. The molecule has 6 N–H and O–H groups in total. The van der Waals surface area contributed by atoms with E-state index in [9.17, 15) is 5.11 Å². The first-order chi connectivity index (χ1) is 16.9. The minimum Gasteiger partial charge on any atom is -0.496 e. The van der Waals surface area contributed by atoms with E-state index in [1.54, 1.807) is 18.9 Å². The topological polar surface area (TPSA) is 150 Å². The average molecular weight is 487 g/mol. The van der Waals surface area contributed by atoms with Gasteiger partial charge >= 0.3 is 0 Å². The summed E-state index contributed by atoms with van der Waals surface area (Å²) in [5, 5.41) is 17.7. The van der Waals surface area contributed by atoms with Crippen molar-refractivity contribution in [3.63, 3.8) is 0 Å². The van der Waals surface area contributed by atoms with E-state index < -0.39 is 0 Å². The van der Waals surface area contributed by atoms with E-state index >= 15 is 0 Å². The Kier molecular flexibility index (Phi) is 9.47. The SMILES string of the molecule is CCC[C@@H](CO)Nc1nc(N)nc2cn(Cc3c(OC)cc(CN(C)CCCN)cc3OC)nc12. The van der Waals surface area contributed by atoms with Crippen LogP contribution in [0.5, 0.6) is 11.5 Å². The molecule has 0 fully saturated rings. The minimum absolute atomic E-state index is 0.0118. The zero-order valence-corrected chi connectivity index (χ0v) is 21.1. The molecule has 2 heterocycles. The summed E-state index contributed by atoms with van der Waals surface area (Å²) in [6.07, 6.45) is 4.48. The van der Waals surface area contributed by atoms with Gasteiger partial charge in [-0.25, -0.2) is 4.98 Å². The molecule has 11 nitrogen and oxygen atoms in total. The van der Waals surface area contributed by atoms with Crippen molar-refractivity contribution in [3.05, 3.63) is 29.5 Å². The highest BCUT2D eigenvalue weighted by molar-refractivity contribution is 5.86. The fourth-order valence-corrected chi connectivity index (χ4v) is 4.11. The number of ether oxygens (including phenoxy) is 2. The van der Waals surface area contributed by atoms with Crippen LogP contribution >= 0.6 is 0 Å². The van der Waals surface area contributed by atoms with E-state index in [1.807, 2.05) is 18.3 Å². The van der Waals surface area contributed by atoms with Crippen LogP contribution < -0.4 is 26.3 Å². The Morgan fingerprint density at radius 3 is 2.51 bits per heavy atom. The Morgan fingerprint density at radius 2 is 1.91 bits per heavy atom. The first-order valence-electron chi connectivity index (χ1n) is 11.9. The second kappa shape index (κ2) is 12.5. The fourth-order valence-electron chi connectivity index (χ4n) is 4.11. The van der Waals surface area contributed by atoms with Crippen LogP contribution in [0.1, 0.15) is 37.3 Å². The van der Waals surface area contributed by atoms with Gasteiger partial charge < -0.3 is 36.3 Å². The van der Waals surface area contributed by atoms with Crippen molar-refractivity contribution in [2.75, 3.05) is 52.0 Å². The second-order valence-electron chi connectivity index (χ2n) is 8.66. The van der Waals surface area contributed by atoms with Gasteiger partial charge in [0.25, 0.3) is 0 Å². The molecule has 0 aliphatic rings. The first-order valence-corrected chi connectivity index (χ1v) is 11.9. The molecule has 1 aromatic carbocycles. The monoisotopic (exact) mass is 486 g/mol. The predicted octanol–water partition coefficient (Wildman–Crippen LogP) is 1.83. The second-order valence-corrected chi connectivity index (χ2v) is 8.66. The van der Waals surface area contributed by atoms with Gasteiger partial charge in [-0.1, -0.05) is 13.3 Å². The predicted molar refractivity (Wildman–Crippen MR) is 138 cm³/mol. The Morgan fingerprint density at radius 1 is 1.20 bits per heavy atom. The standard InChI is InChI=1S/C24H38N8O3/c1-5-7-17(15-33)27-23-22-19(28-24(26)29-23)14-32(30-22)13-18-20(34-3)10-16(11-21(18)35-4)12-31(2)9-6-8-25/h10-11,14,17,33H,5-9,12-13,15,25H2,1-4H3,(H3,26,27,28,29)/t17-/m0/s1. The van der Waals surface area contributed by atoms with Crippen molar-refractivity contribution in [1.29, 1.82) is 0 Å². The largest absolute Gasteiger partial charge is 0.496 e. The summed E-state index contributed by atoms with van der Waals surface area (Å²) in [5.41, 5.74) is 14.7. The van der Waals surface area contributed by atoms with Crippen LogP contribution in [0.4, 0.5) is 11.8 Å². The molecule has 3 rings (SSSR count). The highest BCUT2D eigenvalue weighted by atomic mass is 16.5. The Hall–Kier alpha value is -3.15. The van der Waals surface area contributed by atoms with Crippen LogP contribution in [0.25, 0.3) is 11.0 Å². The van der Waals surface area contributed by atoms with E-state index in [0.29, 0.717) is 29.9 Å². The van der Waals surface area contributed by atoms with Gasteiger partial charge in [0.1, 0.15) is 17.0 Å². The summed E-state index contributed by atoms with van der Waals surface area (Å²) in [5.74, 6) is 2.09. The molecule has 0 amide bonds. The van der Waals surface area contributed by atoms with Gasteiger partial charge in [-0.05, 0) is 50.7 Å². The van der Waals surface area contributed by atoms with E-state index in [0.717, 1.165) is 55.0 Å². The third kappa shape index (κ3) is 6.71. The molecule has 0 unspecified atom stereocenters. The molecule has 192 valence electrons. The molecule has 0 aliphatic carbocycles. The molecule has 11 heteroatoms. The average Bonchev–Trinajstić information content (AvgIpc) is 3.25. The lowest BCUT2D eigenvalue weighted by Crippen LogP contribution is -2.24. The quantitative estimate of drug-likeness (QED) is 0.266. The lowest BCUT2D eigenvalue weighted by atomic mass is 10.1. The number of nitrogens with zero attached hydrogens (tertiary/aromatic N) is 5. The van der Waals surface area contributed by atoms with Crippen molar-refractivity contribution < 1.29 is 14.6 Å². The highest BCUT2D eigenvalue weighted by Gasteiger charge is 2.18. The molecule has 1 atom stereocenters. The molecule has 0 radical (unpaired) electrons. The number of hydrogen-bond acceptors (Lipinski definition) is 10. The van der Waals surface area contributed by atoms with Gasteiger partial charge in [0.05, 0.1) is 45.2 Å². The summed E-state index contributed by atoms with van der Waals surface area (Å²) >= 11 is 0. The van der Waals surface area contributed by atoms with Crippen LogP contribution in [0, 0.1) is 0 Å². The van der Waals surface area contributed by atoms with Gasteiger partial charge in [0.2, 0.25) is 5.95 Å². The van der Waals surface area contributed by atoms with E-state index in [-0.39, 0.29) is 18.6 Å². The lowest BCUT2D eigenvalue weighted by Gasteiger charge is -2.19. The summed E-state index contributed by atoms with van der Waals surface area (Å²) in [4.78, 5) is 10.9. The van der Waals surface area contributed by atoms with Crippen LogP contribution in [-0.4, -0.2) is 76.8 Å². The minimum atomic E-state index is -0.140. The lowest BCUT2D eigenvalue weighted by molar-refractivity contribution is 0.268. The zero-order chi connectivity index (χ0) is 25.4. The number of aliphatic hydroxyl groups is 1.